The van der Waals surface area contributed by atoms with Gasteiger partial charge in [-0.1, -0.05) is 79.4 Å². The third-order valence-corrected chi connectivity index (χ3v) is 9.72. The van der Waals surface area contributed by atoms with Crippen LogP contribution in [0, 0.1) is 13.8 Å². The number of benzene rings is 3. The summed E-state index contributed by atoms with van der Waals surface area (Å²) >= 11 is 6.48. The van der Waals surface area contributed by atoms with Crippen LogP contribution in [0.1, 0.15) is 55.7 Å². The zero-order valence-corrected chi connectivity index (χ0v) is 25.4. The summed E-state index contributed by atoms with van der Waals surface area (Å²) in [5.74, 6) is -0.723. The van der Waals surface area contributed by atoms with Gasteiger partial charge in [-0.3, -0.25) is 13.9 Å². The number of sulfonamides is 1. The lowest BCUT2D eigenvalue weighted by Gasteiger charge is -2.34. The largest absolute Gasteiger partial charge is 0.352 e. The second kappa shape index (κ2) is 13.5. The lowest BCUT2D eigenvalue weighted by atomic mass is 10.1. The summed E-state index contributed by atoms with van der Waals surface area (Å²) in [7, 11) is -4.11. The predicted molar refractivity (Wildman–Crippen MR) is 163 cm³/mol. The lowest BCUT2D eigenvalue weighted by molar-refractivity contribution is -0.140. The van der Waals surface area contributed by atoms with Crippen molar-refractivity contribution in [2.45, 2.75) is 76.4 Å². The topological polar surface area (TPSA) is 86.8 Å². The number of amides is 2. The highest BCUT2D eigenvalue weighted by Gasteiger charge is 2.34. The monoisotopic (exact) mass is 595 g/mol. The average molecular weight is 596 g/mol. The Bertz CT molecular complexity index is 1470. The number of hydrogen-bond donors (Lipinski definition) is 1. The Morgan fingerprint density at radius 2 is 1.63 bits per heavy atom. The molecule has 218 valence electrons. The molecule has 0 unspecified atom stereocenters. The highest BCUT2D eigenvalue weighted by atomic mass is 35.5. The molecule has 1 atom stereocenters. The molecule has 0 heterocycles. The molecule has 41 heavy (non-hydrogen) atoms. The third-order valence-electron chi connectivity index (χ3n) is 7.56. The number of carbonyl (C=O) groups is 2. The first-order valence-corrected chi connectivity index (χ1v) is 15.9. The van der Waals surface area contributed by atoms with E-state index >= 15 is 0 Å². The maximum absolute atomic E-state index is 14.2. The van der Waals surface area contributed by atoms with E-state index in [4.69, 9.17) is 11.6 Å². The van der Waals surface area contributed by atoms with Gasteiger partial charge in [0.1, 0.15) is 12.6 Å². The van der Waals surface area contributed by atoms with Crippen molar-refractivity contribution < 1.29 is 18.0 Å². The SMILES string of the molecule is CC[C@@H](C(=O)NC1CCCC1)N(Cc1ccccc1Cl)C(=O)CN(c1cccc(C)c1)S(=O)(=O)c1ccc(C)cc1. The molecule has 2 amide bonds. The molecule has 1 fully saturated rings. The molecule has 1 aliphatic rings. The predicted octanol–water partition coefficient (Wildman–Crippen LogP) is 6.02. The summed E-state index contributed by atoms with van der Waals surface area (Å²) in [4.78, 5) is 29.3. The summed E-state index contributed by atoms with van der Waals surface area (Å²) in [6.45, 7) is 5.20. The fourth-order valence-corrected chi connectivity index (χ4v) is 6.85. The molecule has 9 heteroatoms. The van der Waals surface area contributed by atoms with Gasteiger partial charge in [0, 0.05) is 17.6 Å². The molecule has 0 spiro atoms. The second-order valence-electron chi connectivity index (χ2n) is 10.7. The highest BCUT2D eigenvalue weighted by Crippen LogP contribution is 2.27. The van der Waals surface area contributed by atoms with Crippen LogP contribution >= 0.6 is 11.6 Å². The van der Waals surface area contributed by atoms with Crippen LogP contribution in [0.15, 0.2) is 77.7 Å². The number of hydrogen-bond acceptors (Lipinski definition) is 4. The molecule has 1 saturated carbocycles. The van der Waals surface area contributed by atoms with E-state index in [9.17, 15) is 18.0 Å². The number of carbonyl (C=O) groups excluding carboxylic acids is 2. The number of nitrogens with one attached hydrogen (secondary N) is 1. The molecule has 0 bridgehead atoms. The summed E-state index contributed by atoms with van der Waals surface area (Å²) in [5, 5.41) is 3.59. The van der Waals surface area contributed by atoms with Crippen LogP contribution in [0.4, 0.5) is 5.69 Å². The first-order valence-electron chi connectivity index (χ1n) is 14.1. The number of anilines is 1. The number of halogens is 1. The van der Waals surface area contributed by atoms with Crippen molar-refractivity contribution in [3.63, 3.8) is 0 Å². The van der Waals surface area contributed by atoms with Crippen LogP contribution in [0.25, 0.3) is 0 Å². The average Bonchev–Trinajstić information content (AvgIpc) is 3.45. The quantitative estimate of drug-likeness (QED) is 0.294. The van der Waals surface area contributed by atoms with Crippen molar-refractivity contribution in [2.24, 2.45) is 0 Å². The van der Waals surface area contributed by atoms with Crippen LogP contribution in [-0.2, 0) is 26.2 Å². The molecule has 0 saturated heterocycles. The van der Waals surface area contributed by atoms with E-state index in [0.717, 1.165) is 41.1 Å². The molecule has 4 rings (SSSR count). The molecule has 3 aromatic carbocycles. The minimum Gasteiger partial charge on any atom is -0.352 e. The van der Waals surface area contributed by atoms with Gasteiger partial charge >= 0.3 is 0 Å². The Morgan fingerprint density at radius 3 is 2.27 bits per heavy atom. The fraction of sp³-hybridized carbons (Fsp3) is 0.375. The molecule has 1 aliphatic carbocycles. The van der Waals surface area contributed by atoms with Gasteiger partial charge in [0.15, 0.2) is 0 Å². The smallest absolute Gasteiger partial charge is 0.264 e. The molecular formula is C32H38ClN3O4S. The van der Waals surface area contributed by atoms with Crippen molar-refractivity contribution in [2.75, 3.05) is 10.8 Å². The van der Waals surface area contributed by atoms with Gasteiger partial charge in [0.2, 0.25) is 11.8 Å². The standard InChI is InChI=1S/C32H38ClN3O4S/c1-4-30(32(38)34-26-12-6-7-13-26)35(21-25-11-5-8-15-29(25)33)31(37)22-36(27-14-9-10-24(3)20-27)41(39,40)28-18-16-23(2)17-19-28/h5,8-11,14-20,26,30H,4,6-7,12-13,21-22H2,1-3H3,(H,34,38)/t30-/m0/s1. The van der Waals surface area contributed by atoms with E-state index in [1.165, 1.54) is 4.90 Å². The lowest BCUT2D eigenvalue weighted by Crippen LogP contribution is -2.53. The summed E-state index contributed by atoms with van der Waals surface area (Å²) in [6.07, 6.45) is 4.32. The Balaban J connectivity index is 1.72. The van der Waals surface area contributed by atoms with Gasteiger partial charge in [0.25, 0.3) is 10.0 Å². The second-order valence-corrected chi connectivity index (χ2v) is 13.0. The number of aryl methyl sites for hydroxylation is 2. The normalized spacial score (nSPS) is 14.4. The Morgan fingerprint density at radius 1 is 0.951 bits per heavy atom. The van der Waals surface area contributed by atoms with Gasteiger partial charge in [-0.05, 0) is 74.6 Å². The van der Waals surface area contributed by atoms with Crippen LogP contribution in [0.3, 0.4) is 0 Å². The minimum atomic E-state index is -4.11. The van der Waals surface area contributed by atoms with Crippen LogP contribution < -0.4 is 9.62 Å². The Labute approximate surface area is 248 Å². The molecule has 1 N–H and O–H groups in total. The van der Waals surface area contributed by atoms with E-state index in [1.54, 1.807) is 54.6 Å². The first kappa shape index (κ1) is 30.6. The molecule has 3 aromatic rings. The molecular weight excluding hydrogens is 558 g/mol. The zero-order chi connectivity index (χ0) is 29.6. The van der Waals surface area contributed by atoms with Crippen molar-refractivity contribution in [3.05, 3.63) is 94.5 Å². The van der Waals surface area contributed by atoms with Crippen molar-refractivity contribution in [1.82, 2.24) is 10.2 Å². The van der Waals surface area contributed by atoms with E-state index in [1.807, 2.05) is 39.0 Å². The van der Waals surface area contributed by atoms with Gasteiger partial charge in [-0.15, -0.1) is 0 Å². The van der Waals surface area contributed by atoms with E-state index < -0.39 is 28.5 Å². The van der Waals surface area contributed by atoms with Gasteiger partial charge in [-0.25, -0.2) is 8.42 Å². The van der Waals surface area contributed by atoms with Crippen LogP contribution in [0.5, 0.6) is 0 Å². The highest BCUT2D eigenvalue weighted by molar-refractivity contribution is 7.92. The van der Waals surface area contributed by atoms with E-state index in [0.29, 0.717) is 22.7 Å². The van der Waals surface area contributed by atoms with Gasteiger partial charge in [0.05, 0.1) is 10.6 Å². The maximum Gasteiger partial charge on any atom is 0.264 e. The number of nitrogens with zero attached hydrogens (tertiary/aromatic N) is 2. The summed E-state index contributed by atoms with van der Waals surface area (Å²) in [6, 6.07) is 20.1. The van der Waals surface area contributed by atoms with Crippen molar-refractivity contribution >= 4 is 39.1 Å². The van der Waals surface area contributed by atoms with Gasteiger partial charge in [-0.2, -0.15) is 0 Å². The van der Waals surface area contributed by atoms with Crippen LogP contribution in [-0.4, -0.2) is 43.8 Å². The molecule has 0 aliphatic heterocycles. The van der Waals surface area contributed by atoms with Crippen molar-refractivity contribution in [3.8, 4) is 0 Å². The van der Waals surface area contributed by atoms with E-state index in [2.05, 4.69) is 5.32 Å². The number of rotatable bonds is 11. The Hall–Kier alpha value is -3.36. The zero-order valence-electron chi connectivity index (χ0n) is 23.8. The molecule has 7 nitrogen and oxygen atoms in total. The fourth-order valence-electron chi connectivity index (χ4n) is 5.25. The summed E-state index contributed by atoms with van der Waals surface area (Å²) in [5.41, 5.74) is 2.83. The first-order chi connectivity index (χ1) is 19.6. The van der Waals surface area contributed by atoms with Gasteiger partial charge < -0.3 is 10.2 Å². The minimum absolute atomic E-state index is 0.0708. The third kappa shape index (κ3) is 7.49. The summed E-state index contributed by atoms with van der Waals surface area (Å²) < 4.78 is 29.1. The van der Waals surface area contributed by atoms with Crippen molar-refractivity contribution in [1.29, 1.82) is 0 Å². The maximum atomic E-state index is 14.2. The molecule has 0 radical (unpaired) electrons. The molecule has 0 aromatic heterocycles. The Kier molecular flexibility index (Phi) is 10.1. The van der Waals surface area contributed by atoms with Crippen LogP contribution in [0.2, 0.25) is 5.02 Å². The van der Waals surface area contributed by atoms with E-state index in [-0.39, 0.29) is 23.4 Å².